The Balaban J connectivity index is 1.76. The molecule has 0 aliphatic rings. The molecule has 0 spiro atoms. The van der Waals surface area contributed by atoms with Gasteiger partial charge in [-0.2, -0.15) is 0 Å². The van der Waals surface area contributed by atoms with E-state index in [-0.39, 0.29) is 17.3 Å². The maximum atomic E-state index is 13.6. The Hall–Kier alpha value is -2.60. The highest BCUT2D eigenvalue weighted by molar-refractivity contribution is 6.31. The van der Waals surface area contributed by atoms with Crippen LogP contribution in [0.5, 0.6) is 0 Å². The lowest BCUT2D eigenvalue weighted by molar-refractivity contribution is -0.118. The molecule has 5 nitrogen and oxygen atoms in total. The Morgan fingerprint density at radius 3 is 2.52 bits per heavy atom. The van der Waals surface area contributed by atoms with Gasteiger partial charge in [0, 0.05) is 6.54 Å². The zero-order chi connectivity index (χ0) is 16.7. The first kappa shape index (κ1) is 16.8. The van der Waals surface area contributed by atoms with Crippen molar-refractivity contribution in [2.24, 2.45) is 0 Å². The van der Waals surface area contributed by atoms with Gasteiger partial charge in [-0.15, -0.1) is 0 Å². The number of nitrogens with one attached hydrogen (secondary N) is 3. The molecule has 3 amide bonds. The van der Waals surface area contributed by atoms with E-state index >= 15 is 0 Å². The normalized spacial score (nSPS) is 10.0. The molecular formula is C16H15ClFN3O2. The minimum atomic E-state index is -0.643. The summed E-state index contributed by atoms with van der Waals surface area (Å²) in [5, 5.41) is 7.24. The number of hydrogen-bond donors (Lipinski definition) is 3. The molecule has 0 fully saturated rings. The van der Waals surface area contributed by atoms with E-state index in [2.05, 4.69) is 16.0 Å². The topological polar surface area (TPSA) is 70.2 Å². The molecule has 23 heavy (non-hydrogen) atoms. The van der Waals surface area contributed by atoms with Crippen molar-refractivity contribution in [1.82, 2.24) is 10.6 Å². The summed E-state index contributed by atoms with van der Waals surface area (Å²) in [6, 6.07) is 13.1. The largest absolute Gasteiger partial charge is 0.374 e. The summed E-state index contributed by atoms with van der Waals surface area (Å²) in [5.74, 6) is -1.23. The fourth-order valence-electron chi connectivity index (χ4n) is 1.81. The van der Waals surface area contributed by atoms with E-state index < -0.39 is 17.8 Å². The maximum absolute atomic E-state index is 13.6. The molecule has 120 valence electrons. The number of rotatable bonds is 5. The van der Waals surface area contributed by atoms with Crippen molar-refractivity contribution in [1.29, 1.82) is 0 Å². The standard InChI is InChI=1S/C16H15ClFN3O2/c17-12-7-4-8-13(15(12)18)19-10-14(22)21-16(23)20-9-11-5-2-1-3-6-11/h1-8,19H,9-10H2,(H2,20,21,22,23). The van der Waals surface area contributed by atoms with Crippen LogP contribution in [0.3, 0.4) is 0 Å². The van der Waals surface area contributed by atoms with E-state index in [1.807, 2.05) is 30.3 Å². The molecule has 2 aromatic carbocycles. The molecule has 0 bridgehead atoms. The van der Waals surface area contributed by atoms with Crippen molar-refractivity contribution < 1.29 is 14.0 Å². The Labute approximate surface area is 137 Å². The van der Waals surface area contributed by atoms with Gasteiger partial charge >= 0.3 is 6.03 Å². The van der Waals surface area contributed by atoms with Gasteiger partial charge in [-0.05, 0) is 17.7 Å². The third-order valence-electron chi connectivity index (χ3n) is 2.94. The fraction of sp³-hybridized carbons (Fsp3) is 0.125. The second-order valence-corrected chi connectivity index (χ2v) is 5.08. The average Bonchev–Trinajstić information content (AvgIpc) is 2.55. The number of hydrogen-bond acceptors (Lipinski definition) is 3. The zero-order valence-electron chi connectivity index (χ0n) is 12.1. The third-order valence-corrected chi connectivity index (χ3v) is 3.23. The Bertz CT molecular complexity index is 695. The van der Waals surface area contributed by atoms with Gasteiger partial charge in [0.1, 0.15) is 0 Å². The van der Waals surface area contributed by atoms with Crippen LogP contribution in [0.25, 0.3) is 0 Å². The van der Waals surface area contributed by atoms with Gasteiger partial charge in [-0.25, -0.2) is 9.18 Å². The predicted molar refractivity (Wildman–Crippen MR) is 86.7 cm³/mol. The number of amides is 3. The predicted octanol–water partition coefficient (Wildman–Crippen LogP) is 2.92. The SMILES string of the molecule is O=C(CNc1cccc(Cl)c1F)NC(=O)NCc1ccccc1. The highest BCUT2D eigenvalue weighted by Crippen LogP contribution is 2.21. The lowest BCUT2D eigenvalue weighted by Crippen LogP contribution is -2.41. The van der Waals surface area contributed by atoms with Gasteiger partial charge in [0.05, 0.1) is 17.3 Å². The number of imide groups is 1. The van der Waals surface area contributed by atoms with E-state index in [1.165, 1.54) is 12.1 Å². The minimum absolute atomic E-state index is 0.0454. The molecule has 0 heterocycles. The first-order chi connectivity index (χ1) is 11.1. The Morgan fingerprint density at radius 2 is 1.78 bits per heavy atom. The van der Waals surface area contributed by atoms with Crippen molar-refractivity contribution in [3.05, 3.63) is 64.9 Å². The summed E-state index contributed by atoms with van der Waals surface area (Å²) < 4.78 is 13.6. The molecule has 0 radical (unpaired) electrons. The molecule has 3 N–H and O–H groups in total. The van der Waals surface area contributed by atoms with Crippen LogP contribution in [0.15, 0.2) is 48.5 Å². The van der Waals surface area contributed by atoms with Crippen LogP contribution in [-0.2, 0) is 11.3 Å². The van der Waals surface area contributed by atoms with Gasteiger partial charge in [-0.1, -0.05) is 48.0 Å². The van der Waals surface area contributed by atoms with E-state index in [9.17, 15) is 14.0 Å². The second kappa shape index (κ2) is 8.14. The summed E-state index contributed by atoms with van der Waals surface area (Å²) >= 11 is 5.63. The first-order valence-corrected chi connectivity index (χ1v) is 7.23. The lowest BCUT2D eigenvalue weighted by Gasteiger charge is -2.09. The second-order valence-electron chi connectivity index (χ2n) is 4.67. The summed E-state index contributed by atoms with van der Waals surface area (Å²) in [4.78, 5) is 23.2. The van der Waals surface area contributed by atoms with E-state index in [4.69, 9.17) is 11.6 Å². The first-order valence-electron chi connectivity index (χ1n) is 6.86. The van der Waals surface area contributed by atoms with Gasteiger partial charge in [0.2, 0.25) is 5.91 Å². The average molecular weight is 336 g/mol. The summed E-state index contributed by atoms with van der Waals surface area (Å²) in [7, 11) is 0. The molecule has 7 heteroatoms. The number of carbonyl (C=O) groups excluding carboxylic acids is 2. The Morgan fingerprint density at radius 1 is 1.04 bits per heavy atom. The molecular weight excluding hydrogens is 321 g/mol. The smallest absolute Gasteiger partial charge is 0.321 e. The van der Waals surface area contributed by atoms with Gasteiger partial charge in [-0.3, -0.25) is 10.1 Å². The third kappa shape index (κ3) is 5.27. The number of benzene rings is 2. The molecule has 0 saturated carbocycles. The number of carbonyl (C=O) groups is 2. The molecule has 2 aromatic rings. The number of anilines is 1. The number of halogens is 2. The van der Waals surface area contributed by atoms with Crippen LogP contribution in [0.2, 0.25) is 5.02 Å². The maximum Gasteiger partial charge on any atom is 0.321 e. The summed E-state index contributed by atoms with van der Waals surface area (Å²) in [5.41, 5.74) is 1.01. The highest BCUT2D eigenvalue weighted by Gasteiger charge is 2.10. The van der Waals surface area contributed by atoms with Crippen molar-refractivity contribution >= 4 is 29.2 Å². The lowest BCUT2D eigenvalue weighted by atomic mass is 10.2. The van der Waals surface area contributed by atoms with E-state index in [1.54, 1.807) is 6.07 Å². The summed E-state index contributed by atoms with van der Waals surface area (Å²) in [6.07, 6.45) is 0. The van der Waals surface area contributed by atoms with Crippen LogP contribution >= 0.6 is 11.6 Å². The zero-order valence-corrected chi connectivity index (χ0v) is 12.9. The minimum Gasteiger partial charge on any atom is -0.374 e. The van der Waals surface area contributed by atoms with Gasteiger partial charge < -0.3 is 10.6 Å². The van der Waals surface area contributed by atoms with Gasteiger partial charge in [0.25, 0.3) is 0 Å². The van der Waals surface area contributed by atoms with Crippen LogP contribution in [0.4, 0.5) is 14.9 Å². The van der Waals surface area contributed by atoms with Crippen molar-refractivity contribution in [3.8, 4) is 0 Å². The monoisotopic (exact) mass is 335 g/mol. The van der Waals surface area contributed by atoms with Crippen LogP contribution in [0.1, 0.15) is 5.56 Å². The van der Waals surface area contributed by atoms with E-state index in [0.29, 0.717) is 6.54 Å². The Kier molecular flexibility index (Phi) is 5.94. The van der Waals surface area contributed by atoms with Crippen molar-refractivity contribution in [2.75, 3.05) is 11.9 Å². The van der Waals surface area contributed by atoms with Crippen molar-refractivity contribution in [2.45, 2.75) is 6.54 Å². The molecule has 2 rings (SSSR count). The number of urea groups is 1. The quantitative estimate of drug-likeness (QED) is 0.787. The van der Waals surface area contributed by atoms with Crippen LogP contribution < -0.4 is 16.0 Å². The molecule has 0 aliphatic heterocycles. The molecule has 0 saturated heterocycles. The molecule has 0 atom stereocenters. The van der Waals surface area contributed by atoms with Crippen LogP contribution in [-0.4, -0.2) is 18.5 Å². The fourth-order valence-corrected chi connectivity index (χ4v) is 1.98. The highest BCUT2D eigenvalue weighted by atomic mass is 35.5. The molecule has 0 aromatic heterocycles. The summed E-state index contributed by atoms with van der Waals surface area (Å²) in [6.45, 7) is 0.0479. The molecule has 0 aliphatic carbocycles. The van der Waals surface area contributed by atoms with Crippen molar-refractivity contribution in [3.63, 3.8) is 0 Å². The van der Waals surface area contributed by atoms with E-state index in [0.717, 1.165) is 5.56 Å². The molecule has 0 unspecified atom stereocenters. The van der Waals surface area contributed by atoms with Gasteiger partial charge in [0.15, 0.2) is 5.82 Å². The van der Waals surface area contributed by atoms with Crippen LogP contribution in [0, 0.1) is 5.82 Å².